The second kappa shape index (κ2) is 8.33. The first-order valence-electron chi connectivity index (χ1n) is 7.97. The fourth-order valence-corrected chi connectivity index (χ4v) is 3.42. The van der Waals surface area contributed by atoms with Crippen LogP contribution in [0.3, 0.4) is 0 Å². The van der Waals surface area contributed by atoms with Crippen molar-refractivity contribution in [3.8, 4) is 0 Å². The van der Waals surface area contributed by atoms with Crippen LogP contribution in [0.25, 0.3) is 0 Å². The van der Waals surface area contributed by atoms with Crippen LogP contribution in [0.4, 0.5) is 4.79 Å². The Hall–Kier alpha value is -0.820. The molecule has 1 fully saturated rings. The minimum absolute atomic E-state index is 0.204. The summed E-state index contributed by atoms with van der Waals surface area (Å²) in [6.45, 7) is 11.7. The molecule has 1 N–H and O–H groups in total. The Morgan fingerprint density at radius 1 is 1.35 bits per heavy atom. The van der Waals surface area contributed by atoms with Gasteiger partial charge in [0.2, 0.25) is 0 Å². The van der Waals surface area contributed by atoms with E-state index in [4.69, 9.17) is 16.3 Å². The van der Waals surface area contributed by atoms with E-state index in [2.05, 4.69) is 10.2 Å². The Balaban J connectivity index is 1.60. The van der Waals surface area contributed by atoms with Gasteiger partial charge in [-0.05, 0) is 26.8 Å². The van der Waals surface area contributed by atoms with Crippen molar-refractivity contribution in [2.24, 2.45) is 0 Å². The number of carbonyl (C=O) groups is 1. The molecule has 1 saturated heterocycles. The Morgan fingerprint density at radius 3 is 2.61 bits per heavy atom. The summed E-state index contributed by atoms with van der Waals surface area (Å²) in [7, 11) is 0. The van der Waals surface area contributed by atoms with Crippen LogP contribution in [-0.2, 0) is 11.3 Å². The van der Waals surface area contributed by atoms with Crippen LogP contribution >= 0.6 is 22.9 Å². The van der Waals surface area contributed by atoms with E-state index in [1.165, 1.54) is 4.88 Å². The average Bonchev–Trinajstić information content (AvgIpc) is 2.88. The summed E-state index contributed by atoms with van der Waals surface area (Å²) in [5.41, 5.74) is -0.428. The maximum Gasteiger partial charge on any atom is 0.410 e. The number of carbonyl (C=O) groups excluding carboxylic acids is 1. The number of halogens is 1. The smallest absolute Gasteiger partial charge is 0.410 e. The summed E-state index contributed by atoms with van der Waals surface area (Å²) in [6, 6.07) is 2.00. The van der Waals surface area contributed by atoms with E-state index in [9.17, 15) is 4.79 Å². The first kappa shape index (κ1) is 18.5. The second-order valence-corrected chi connectivity index (χ2v) is 8.15. The lowest BCUT2D eigenvalue weighted by atomic mass is 10.2. The normalized spacial score (nSPS) is 16.6. The predicted octanol–water partition coefficient (Wildman–Crippen LogP) is 3.04. The lowest BCUT2D eigenvalue weighted by Gasteiger charge is -2.35. The van der Waals surface area contributed by atoms with Crippen LogP contribution < -0.4 is 5.32 Å². The number of rotatable bonds is 5. The standard InChI is InChI=1S/C16H26ClN3O2S/c1-16(2,3)22-15(21)20-8-6-19(7-9-20)5-4-18-11-14-10-13(17)12-23-14/h10,12,18H,4-9,11H2,1-3H3. The number of nitrogens with one attached hydrogen (secondary N) is 1. The maximum atomic E-state index is 12.0. The average molecular weight is 360 g/mol. The van der Waals surface area contributed by atoms with Crippen LogP contribution in [0.5, 0.6) is 0 Å². The number of hydrogen-bond donors (Lipinski definition) is 1. The molecule has 0 aliphatic carbocycles. The van der Waals surface area contributed by atoms with E-state index in [0.717, 1.165) is 50.8 Å². The highest BCUT2D eigenvalue weighted by atomic mass is 35.5. The molecule has 5 nitrogen and oxygen atoms in total. The number of thiophene rings is 1. The minimum Gasteiger partial charge on any atom is -0.444 e. The molecule has 0 spiro atoms. The quantitative estimate of drug-likeness (QED) is 0.821. The van der Waals surface area contributed by atoms with Gasteiger partial charge in [-0.15, -0.1) is 11.3 Å². The Kier molecular flexibility index (Phi) is 6.71. The van der Waals surface area contributed by atoms with Gasteiger partial charge in [0.25, 0.3) is 0 Å². The monoisotopic (exact) mass is 359 g/mol. The SMILES string of the molecule is CC(C)(C)OC(=O)N1CCN(CCNCc2cc(Cl)cs2)CC1. The van der Waals surface area contributed by atoms with Gasteiger partial charge in [0.15, 0.2) is 0 Å². The molecule has 7 heteroatoms. The van der Waals surface area contributed by atoms with Gasteiger partial charge < -0.3 is 15.0 Å². The largest absolute Gasteiger partial charge is 0.444 e. The van der Waals surface area contributed by atoms with Crippen LogP contribution in [0, 0.1) is 0 Å². The molecule has 130 valence electrons. The van der Waals surface area contributed by atoms with Crippen molar-refractivity contribution in [1.82, 2.24) is 15.1 Å². The number of nitrogens with zero attached hydrogens (tertiary/aromatic N) is 2. The molecule has 1 aliphatic rings. The topological polar surface area (TPSA) is 44.8 Å². The van der Waals surface area contributed by atoms with E-state index < -0.39 is 5.60 Å². The molecule has 0 radical (unpaired) electrons. The Bertz CT molecular complexity index is 508. The molecule has 0 saturated carbocycles. The fourth-order valence-electron chi connectivity index (χ4n) is 2.38. The van der Waals surface area contributed by atoms with E-state index in [1.54, 1.807) is 16.2 Å². The molecule has 1 amide bonds. The zero-order valence-electron chi connectivity index (χ0n) is 14.1. The molecule has 0 atom stereocenters. The molecule has 0 bridgehead atoms. The number of amides is 1. The van der Waals surface area contributed by atoms with Crippen LogP contribution in [0.15, 0.2) is 11.4 Å². The fraction of sp³-hybridized carbons (Fsp3) is 0.688. The third-order valence-corrected chi connectivity index (χ3v) is 4.83. The molecular formula is C16H26ClN3O2S. The summed E-state index contributed by atoms with van der Waals surface area (Å²) in [5, 5.41) is 6.20. The summed E-state index contributed by atoms with van der Waals surface area (Å²) >= 11 is 7.58. The van der Waals surface area contributed by atoms with Crippen molar-refractivity contribution < 1.29 is 9.53 Å². The molecule has 2 rings (SSSR count). The lowest BCUT2D eigenvalue weighted by Crippen LogP contribution is -2.51. The second-order valence-electron chi connectivity index (χ2n) is 6.72. The zero-order chi connectivity index (χ0) is 16.9. The Morgan fingerprint density at radius 2 is 2.04 bits per heavy atom. The number of hydrogen-bond acceptors (Lipinski definition) is 5. The van der Waals surface area contributed by atoms with Gasteiger partial charge in [0.1, 0.15) is 5.60 Å². The van der Waals surface area contributed by atoms with Crippen molar-refractivity contribution in [3.63, 3.8) is 0 Å². The third-order valence-electron chi connectivity index (χ3n) is 3.55. The van der Waals surface area contributed by atoms with E-state index in [-0.39, 0.29) is 6.09 Å². The maximum absolute atomic E-state index is 12.0. The third kappa shape index (κ3) is 6.67. The van der Waals surface area contributed by atoms with Gasteiger partial charge in [-0.25, -0.2) is 4.79 Å². The van der Waals surface area contributed by atoms with Crippen molar-refractivity contribution in [2.75, 3.05) is 39.3 Å². The Labute approximate surface area is 147 Å². The van der Waals surface area contributed by atoms with Crippen molar-refractivity contribution in [3.05, 3.63) is 21.3 Å². The van der Waals surface area contributed by atoms with Gasteiger partial charge in [-0.3, -0.25) is 4.90 Å². The molecular weight excluding hydrogens is 334 g/mol. The van der Waals surface area contributed by atoms with E-state index in [0.29, 0.717) is 0 Å². The summed E-state index contributed by atoms with van der Waals surface area (Å²) < 4.78 is 5.41. The molecule has 1 aromatic rings. The first-order valence-corrected chi connectivity index (χ1v) is 9.23. The van der Waals surface area contributed by atoms with Gasteiger partial charge in [0.05, 0.1) is 5.02 Å². The molecule has 0 unspecified atom stereocenters. The molecule has 1 aromatic heterocycles. The van der Waals surface area contributed by atoms with E-state index in [1.807, 2.05) is 32.2 Å². The van der Waals surface area contributed by atoms with Crippen molar-refractivity contribution in [2.45, 2.75) is 32.9 Å². The zero-order valence-corrected chi connectivity index (χ0v) is 15.7. The molecule has 2 heterocycles. The van der Waals surface area contributed by atoms with Gasteiger partial charge >= 0.3 is 6.09 Å². The van der Waals surface area contributed by atoms with E-state index >= 15 is 0 Å². The summed E-state index contributed by atoms with van der Waals surface area (Å²) in [6.07, 6.45) is -0.204. The van der Waals surface area contributed by atoms with Gasteiger partial charge in [-0.1, -0.05) is 11.6 Å². The molecule has 23 heavy (non-hydrogen) atoms. The van der Waals surface area contributed by atoms with Crippen molar-refractivity contribution >= 4 is 29.0 Å². The summed E-state index contributed by atoms with van der Waals surface area (Å²) in [4.78, 5) is 17.4. The number of ether oxygens (including phenoxy) is 1. The van der Waals surface area contributed by atoms with Gasteiger partial charge in [-0.2, -0.15) is 0 Å². The van der Waals surface area contributed by atoms with Crippen LogP contribution in [-0.4, -0.2) is 60.8 Å². The minimum atomic E-state index is -0.428. The number of piperazine rings is 1. The van der Waals surface area contributed by atoms with Gasteiger partial charge in [0, 0.05) is 56.1 Å². The van der Waals surface area contributed by atoms with Crippen LogP contribution in [0.1, 0.15) is 25.6 Å². The highest BCUT2D eigenvalue weighted by molar-refractivity contribution is 7.10. The molecule has 1 aliphatic heterocycles. The highest BCUT2D eigenvalue weighted by Crippen LogP contribution is 2.18. The lowest BCUT2D eigenvalue weighted by molar-refractivity contribution is 0.0146. The predicted molar refractivity (Wildman–Crippen MR) is 95.3 cm³/mol. The summed E-state index contributed by atoms with van der Waals surface area (Å²) in [5.74, 6) is 0. The highest BCUT2D eigenvalue weighted by Gasteiger charge is 2.25. The first-order chi connectivity index (χ1) is 10.8. The molecule has 0 aromatic carbocycles. The van der Waals surface area contributed by atoms with Crippen LogP contribution in [0.2, 0.25) is 5.02 Å². The van der Waals surface area contributed by atoms with Crippen molar-refractivity contribution in [1.29, 1.82) is 0 Å².